The van der Waals surface area contributed by atoms with E-state index in [-0.39, 0.29) is 36.8 Å². The van der Waals surface area contributed by atoms with E-state index >= 15 is 0 Å². The maximum Gasteiger partial charge on any atom is 0.313 e. The van der Waals surface area contributed by atoms with Gasteiger partial charge in [0.1, 0.15) is 23.7 Å². The van der Waals surface area contributed by atoms with Gasteiger partial charge in [-0.15, -0.1) is 0 Å². The number of allylic oxidation sites excluding steroid dienone is 1. The molecule has 3 amide bonds. The first-order valence-corrected chi connectivity index (χ1v) is 16.0. The first-order valence-electron chi connectivity index (χ1n) is 16.0. The third kappa shape index (κ3) is 6.06. The number of amides is 3. The number of benzene rings is 1. The van der Waals surface area contributed by atoms with Crippen LogP contribution in [-0.2, 0) is 28.7 Å². The van der Waals surface area contributed by atoms with Crippen molar-refractivity contribution in [2.24, 2.45) is 11.8 Å². The number of hydrogen-bond donors (Lipinski definition) is 2. The van der Waals surface area contributed by atoms with Crippen LogP contribution < -0.4 is 5.32 Å². The van der Waals surface area contributed by atoms with E-state index in [0.29, 0.717) is 32.4 Å². The van der Waals surface area contributed by atoms with Crippen molar-refractivity contribution >= 4 is 23.7 Å². The summed E-state index contributed by atoms with van der Waals surface area (Å²) < 4.78 is 13.0. The van der Waals surface area contributed by atoms with Crippen molar-refractivity contribution in [2.75, 3.05) is 19.7 Å². The normalized spacial score (nSPS) is 33.1. The number of nitrogens with one attached hydrogen (secondary N) is 1. The molecule has 4 aliphatic rings. The highest BCUT2D eigenvalue weighted by Crippen LogP contribution is 2.53. The second-order valence-electron chi connectivity index (χ2n) is 12.6. The second-order valence-corrected chi connectivity index (χ2v) is 12.6. The molecule has 0 radical (unpaired) electrons. The summed E-state index contributed by atoms with van der Waals surface area (Å²) in [5.41, 5.74) is -0.618. The number of cyclic esters (lactones) is 1. The monoisotopic (exact) mass is 607 g/mol. The van der Waals surface area contributed by atoms with Gasteiger partial charge in [0, 0.05) is 32.2 Å². The van der Waals surface area contributed by atoms with Crippen LogP contribution in [-0.4, -0.2) is 88.1 Å². The molecule has 10 nitrogen and oxygen atoms in total. The van der Waals surface area contributed by atoms with Gasteiger partial charge in [-0.25, -0.2) is 0 Å². The van der Waals surface area contributed by atoms with Crippen LogP contribution in [0.15, 0.2) is 54.6 Å². The molecule has 4 heterocycles. The summed E-state index contributed by atoms with van der Waals surface area (Å²) >= 11 is 0. The summed E-state index contributed by atoms with van der Waals surface area (Å²) in [6.07, 6.45) is 9.31. The maximum atomic E-state index is 14.4. The third-order valence-corrected chi connectivity index (χ3v) is 9.31. The quantitative estimate of drug-likeness (QED) is 0.264. The van der Waals surface area contributed by atoms with Crippen molar-refractivity contribution in [2.45, 2.75) is 95.2 Å². The molecule has 0 aliphatic carbocycles. The van der Waals surface area contributed by atoms with Gasteiger partial charge in [-0.3, -0.25) is 19.2 Å². The molecule has 44 heavy (non-hydrogen) atoms. The van der Waals surface area contributed by atoms with Crippen molar-refractivity contribution in [3.63, 3.8) is 0 Å². The first kappa shape index (κ1) is 31.9. The van der Waals surface area contributed by atoms with Gasteiger partial charge in [-0.2, -0.15) is 0 Å². The molecular weight excluding hydrogens is 562 g/mol. The van der Waals surface area contributed by atoms with E-state index in [9.17, 15) is 24.3 Å². The zero-order valence-electron chi connectivity index (χ0n) is 25.9. The summed E-state index contributed by atoms with van der Waals surface area (Å²) in [7, 11) is 0. The van der Waals surface area contributed by atoms with Gasteiger partial charge in [-0.1, -0.05) is 67.5 Å². The Balaban J connectivity index is 1.55. The van der Waals surface area contributed by atoms with E-state index in [2.05, 4.69) is 5.32 Å². The molecule has 2 saturated heterocycles. The van der Waals surface area contributed by atoms with E-state index in [1.807, 2.05) is 62.4 Å². The first-order chi connectivity index (χ1) is 21.2. The fourth-order valence-electron chi connectivity index (χ4n) is 7.17. The lowest BCUT2D eigenvalue weighted by Gasteiger charge is -2.36. The molecular formula is C34H45N3O7. The number of rotatable bonds is 8. The maximum absolute atomic E-state index is 14.4. The SMILES string of the molecule is CC(C)N1CC=C[C@@]23O[C@H]4/C=C\CCC(=O)N[C@@H](C)[C@H](c5ccccc5)OC(=O)[C@H]4[C@@H]2C(=O)N(CCCCCCO)[C@H]3C1=O. The highest BCUT2D eigenvalue weighted by molar-refractivity contribution is 5.99. The molecule has 0 unspecified atom stereocenters. The van der Waals surface area contributed by atoms with Crippen LogP contribution in [0.1, 0.15) is 71.0 Å². The second kappa shape index (κ2) is 13.6. The minimum atomic E-state index is -1.34. The van der Waals surface area contributed by atoms with Crippen LogP contribution in [0.2, 0.25) is 0 Å². The van der Waals surface area contributed by atoms with Gasteiger partial charge in [0.2, 0.25) is 17.7 Å². The molecule has 2 fully saturated rings. The molecule has 5 rings (SSSR count). The van der Waals surface area contributed by atoms with E-state index in [4.69, 9.17) is 9.47 Å². The summed E-state index contributed by atoms with van der Waals surface area (Å²) in [4.78, 5) is 59.0. The number of carbonyl (C=O) groups excluding carboxylic acids is 4. The molecule has 1 aromatic rings. The summed E-state index contributed by atoms with van der Waals surface area (Å²) in [6, 6.07) is 7.71. The molecule has 10 heteroatoms. The van der Waals surface area contributed by atoms with Crippen LogP contribution in [0.4, 0.5) is 0 Å². The number of hydrogen-bond acceptors (Lipinski definition) is 7. The predicted molar refractivity (Wildman–Crippen MR) is 163 cm³/mol. The van der Waals surface area contributed by atoms with Crippen LogP contribution in [0.25, 0.3) is 0 Å². The smallest absolute Gasteiger partial charge is 0.313 e. The van der Waals surface area contributed by atoms with E-state index in [1.54, 1.807) is 22.8 Å². The van der Waals surface area contributed by atoms with E-state index in [1.165, 1.54) is 0 Å². The Hall–Kier alpha value is -3.50. The average molecular weight is 608 g/mol. The average Bonchev–Trinajstić information content (AvgIpc) is 3.37. The zero-order chi connectivity index (χ0) is 31.4. The van der Waals surface area contributed by atoms with Crippen molar-refractivity contribution in [3.05, 3.63) is 60.2 Å². The lowest BCUT2D eigenvalue weighted by atomic mass is 9.77. The van der Waals surface area contributed by atoms with E-state index < -0.39 is 47.7 Å². The summed E-state index contributed by atoms with van der Waals surface area (Å²) in [6.45, 7) is 6.53. The van der Waals surface area contributed by atoms with Crippen molar-refractivity contribution in [3.8, 4) is 0 Å². The Kier molecular flexibility index (Phi) is 9.90. The molecule has 4 aliphatic heterocycles. The fraction of sp³-hybridized carbons (Fsp3) is 0.588. The lowest BCUT2D eigenvalue weighted by Crippen LogP contribution is -2.56. The number of unbranched alkanes of at least 4 members (excludes halogenated alkanes) is 3. The summed E-state index contributed by atoms with van der Waals surface area (Å²) in [5, 5.41) is 12.2. The highest BCUT2D eigenvalue weighted by Gasteiger charge is 2.71. The number of carbonyl (C=O) groups is 4. The Bertz CT molecular complexity index is 1280. The Labute approximate surface area is 259 Å². The fourth-order valence-corrected chi connectivity index (χ4v) is 7.17. The molecule has 2 N–H and O–H groups in total. The van der Waals surface area contributed by atoms with Crippen LogP contribution >= 0.6 is 0 Å². The van der Waals surface area contributed by atoms with Crippen molar-refractivity contribution in [1.29, 1.82) is 0 Å². The number of aliphatic hydroxyl groups is 1. The number of likely N-dealkylation sites (tertiary alicyclic amines) is 1. The highest BCUT2D eigenvalue weighted by atomic mass is 16.6. The molecule has 7 atom stereocenters. The Morgan fingerprint density at radius 3 is 2.50 bits per heavy atom. The van der Waals surface area contributed by atoms with E-state index in [0.717, 1.165) is 18.4 Å². The van der Waals surface area contributed by atoms with Gasteiger partial charge in [0.15, 0.2) is 0 Å². The summed E-state index contributed by atoms with van der Waals surface area (Å²) in [5.74, 6) is -3.18. The minimum Gasteiger partial charge on any atom is -0.455 e. The minimum absolute atomic E-state index is 0.0968. The number of ether oxygens (including phenoxy) is 2. The number of fused-ring (bicyclic) bond motifs is 2. The number of aliphatic hydroxyl groups excluding tert-OH is 1. The Morgan fingerprint density at radius 2 is 1.77 bits per heavy atom. The van der Waals surface area contributed by atoms with Crippen LogP contribution in [0.5, 0.6) is 0 Å². The van der Waals surface area contributed by atoms with Gasteiger partial charge in [0.05, 0.1) is 18.1 Å². The van der Waals surface area contributed by atoms with Gasteiger partial charge >= 0.3 is 5.97 Å². The lowest BCUT2D eigenvalue weighted by molar-refractivity contribution is -0.161. The number of esters is 1. The zero-order valence-corrected chi connectivity index (χ0v) is 25.9. The topological polar surface area (TPSA) is 125 Å². The van der Waals surface area contributed by atoms with Crippen LogP contribution in [0.3, 0.4) is 0 Å². The number of nitrogens with zero attached hydrogens (tertiary/aromatic N) is 2. The molecule has 1 aromatic carbocycles. The third-order valence-electron chi connectivity index (χ3n) is 9.31. The molecule has 0 saturated carbocycles. The molecule has 1 spiro atoms. The van der Waals surface area contributed by atoms with Crippen molar-refractivity contribution < 1.29 is 33.8 Å². The van der Waals surface area contributed by atoms with Gasteiger partial charge < -0.3 is 29.7 Å². The largest absolute Gasteiger partial charge is 0.455 e. The van der Waals surface area contributed by atoms with Gasteiger partial charge in [0.25, 0.3) is 0 Å². The van der Waals surface area contributed by atoms with Gasteiger partial charge in [-0.05, 0) is 45.6 Å². The standard InChI is InChI=1S/C34H45N3O7/c1-22(2)36-20-13-18-34-28(31(40)37(30(34)32(36)41)19-11-4-5-12-21-38)27-25(44-34)16-9-10-17-26(39)35-23(3)29(43-33(27)42)24-14-7-6-8-15-24/h6-9,13-16,18,22-23,25,27-30,38H,4-5,10-12,17,19-21H2,1-3H3,(H,35,39)/b16-9-/t23-,25-,27+,28+,29+,30-,34+/m0/s1. The predicted octanol–water partition coefficient (Wildman–Crippen LogP) is 3.07. The van der Waals surface area contributed by atoms with Crippen LogP contribution in [0, 0.1) is 11.8 Å². The molecule has 0 bridgehead atoms. The molecule has 0 aromatic heterocycles. The van der Waals surface area contributed by atoms with Crippen molar-refractivity contribution in [1.82, 2.24) is 15.1 Å². The Morgan fingerprint density at radius 1 is 1.02 bits per heavy atom. The molecule has 238 valence electrons.